The zero-order chi connectivity index (χ0) is 10.7. The molecule has 0 aromatic carbocycles. The summed E-state index contributed by atoms with van der Waals surface area (Å²) in [5, 5.41) is 11.6. The van der Waals surface area contributed by atoms with E-state index in [4.69, 9.17) is 5.26 Å². The highest BCUT2D eigenvalue weighted by molar-refractivity contribution is 5.79. The molecule has 1 saturated carbocycles. The van der Waals surface area contributed by atoms with Crippen LogP contribution in [-0.2, 0) is 4.79 Å². The molecule has 0 radical (unpaired) electrons. The minimum Gasteiger partial charge on any atom is -0.340 e. The van der Waals surface area contributed by atoms with Gasteiger partial charge in [-0.05, 0) is 24.7 Å². The average Bonchev–Trinajstić information content (AvgIpc) is 2.95. The first-order valence-electron chi connectivity index (χ1n) is 5.26. The molecule has 1 fully saturated rings. The second-order valence-electron chi connectivity index (χ2n) is 4.49. The van der Waals surface area contributed by atoms with Crippen molar-refractivity contribution in [2.45, 2.75) is 39.7 Å². The Morgan fingerprint density at radius 3 is 2.36 bits per heavy atom. The van der Waals surface area contributed by atoms with Crippen molar-refractivity contribution in [3.63, 3.8) is 0 Å². The van der Waals surface area contributed by atoms with Crippen LogP contribution in [0.4, 0.5) is 0 Å². The third kappa shape index (κ3) is 2.73. The third-order valence-electron chi connectivity index (χ3n) is 2.85. The third-order valence-corrected chi connectivity index (χ3v) is 2.85. The van der Waals surface area contributed by atoms with E-state index in [0.717, 1.165) is 12.8 Å². The van der Waals surface area contributed by atoms with E-state index in [-0.39, 0.29) is 23.8 Å². The lowest BCUT2D eigenvalue weighted by atomic mass is 10.0. The molecule has 1 aliphatic carbocycles. The van der Waals surface area contributed by atoms with Gasteiger partial charge in [0.05, 0.1) is 6.07 Å². The van der Waals surface area contributed by atoms with Crippen LogP contribution in [0.3, 0.4) is 0 Å². The van der Waals surface area contributed by atoms with Crippen LogP contribution < -0.4 is 5.32 Å². The molecule has 0 aliphatic heterocycles. The van der Waals surface area contributed by atoms with Gasteiger partial charge < -0.3 is 5.32 Å². The Morgan fingerprint density at radius 1 is 1.43 bits per heavy atom. The van der Waals surface area contributed by atoms with Crippen molar-refractivity contribution in [2.24, 2.45) is 17.8 Å². The van der Waals surface area contributed by atoms with Gasteiger partial charge in [-0.2, -0.15) is 5.26 Å². The van der Waals surface area contributed by atoms with Gasteiger partial charge in [-0.1, -0.05) is 20.8 Å². The molecule has 0 spiro atoms. The van der Waals surface area contributed by atoms with Crippen molar-refractivity contribution in [3.8, 4) is 6.07 Å². The molecule has 78 valence electrons. The monoisotopic (exact) mass is 194 g/mol. The van der Waals surface area contributed by atoms with E-state index < -0.39 is 0 Å². The first kappa shape index (κ1) is 11.0. The summed E-state index contributed by atoms with van der Waals surface area (Å²) in [7, 11) is 0. The van der Waals surface area contributed by atoms with Crippen LogP contribution in [0.15, 0.2) is 0 Å². The van der Waals surface area contributed by atoms with E-state index in [9.17, 15) is 4.79 Å². The van der Waals surface area contributed by atoms with Gasteiger partial charge in [-0.15, -0.1) is 0 Å². The molecule has 0 bridgehead atoms. The molecule has 2 unspecified atom stereocenters. The van der Waals surface area contributed by atoms with E-state index in [2.05, 4.69) is 11.4 Å². The first-order chi connectivity index (χ1) is 6.56. The van der Waals surface area contributed by atoms with Crippen molar-refractivity contribution in [2.75, 3.05) is 0 Å². The van der Waals surface area contributed by atoms with E-state index >= 15 is 0 Å². The first-order valence-corrected chi connectivity index (χ1v) is 5.26. The van der Waals surface area contributed by atoms with Crippen LogP contribution in [0.1, 0.15) is 33.6 Å². The topological polar surface area (TPSA) is 52.9 Å². The van der Waals surface area contributed by atoms with Gasteiger partial charge in [0.1, 0.15) is 6.04 Å². The fraction of sp³-hybridized carbons (Fsp3) is 0.818. The van der Waals surface area contributed by atoms with Gasteiger partial charge in [-0.3, -0.25) is 4.79 Å². The van der Waals surface area contributed by atoms with Crippen LogP contribution in [0.25, 0.3) is 0 Å². The average molecular weight is 194 g/mol. The molecule has 1 amide bonds. The van der Waals surface area contributed by atoms with Crippen LogP contribution in [-0.4, -0.2) is 11.9 Å². The minimum absolute atomic E-state index is 0.0350. The summed E-state index contributed by atoms with van der Waals surface area (Å²) in [6.07, 6.45) is 2.32. The standard InChI is InChI=1S/C11H18N2O/c1-7(2)10(6-12)13-11(14)8(3)9-4-5-9/h7-10H,4-5H2,1-3H3,(H,13,14). The molecule has 3 nitrogen and oxygen atoms in total. The number of hydrogen-bond acceptors (Lipinski definition) is 2. The van der Waals surface area contributed by atoms with Crippen molar-refractivity contribution in [1.82, 2.24) is 5.32 Å². The zero-order valence-corrected chi connectivity index (χ0v) is 9.08. The maximum atomic E-state index is 11.6. The van der Waals surface area contributed by atoms with E-state index in [0.29, 0.717) is 5.92 Å². The number of rotatable bonds is 4. The molecule has 1 rings (SSSR count). The number of amides is 1. The van der Waals surface area contributed by atoms with E-state index in [1.807, 2.05) is 20.8 Å². The molecule has 2 atom stereocenters. The fourth-order valence-electron chi connectivity index (χ4n) is 1.44. The molecular weight excluding hydrogens is 176 g/mol. The molecule has 1 N–H and O–H groups in total. The zero-order valence-electron chi connectivity index (χ0n) is 9.08. The van der Waals surface area contributed by atoms with E-state index in [1.165, 1.54) is 0 Å². The predicted molar refractivity (Wildman–Crippen MR) is 54.3 cm³/mol. The normalized spacial score (nSPS) is 19.9. The molecular formula is C11H18N2O. The van der Waals surface area contributed by atoms with Crippen molar-refractivity contribution >= 4 is 5.91 Å². The van der Waals surface area contributed by atoms with Crippen LogP contribution in [0.5, 0.6) is 0 Å². The Morgan fingerprint density at radius 2 is 2.00 bits per heavy atom. The molecule has 3 heteroatoms. The molecule has 0 aromatic rings. The second-order valence-corrected chi connectivity index (χ2v) is 4.49. The SMILES string of the molecule is CC(C)C(C#N)NC(=O)C(C)C1CC1. The Labute approximate surface area is 85.5 Å². The van der Waals surface area contributed by atoms with Crippen molar-refractivity contribution in [3.05, 3.63) is 0 Å². The number of nitrogens with one attached hydrogen (secondary N) is 1. The van der Waals surface area contributed by atoms with Crippen molar-refractivity contribution < 1.29 is 4.79 Å². The molecule has 1 aliphatic rings. The molecule has 0 aromatic heterocycles. The Balaban J connectivity index is 2.42. The number of nitriles is 1. The van der Waals surface area contributed by atoms with E-state index in [1.54, 1.807) is 0 Å². The Bertz CT molecular complexity index is 251. The maximum absolute atomic E-state index is 11.6. The Kier molecular flexibility index (Phi) is 3.51. The number of hydrogen-bond donors (Lipinski definition) is 1. The number of nitrogens with zero attached hydrogens (tertiary/aromatic N) is 1. The molecule has 0 saturated heterocycles. The summed E-state index contributed by atoms with van der Waals surface area (Å²) in [5.41, 5.74) is 0. The summed E-state index contributed by atoms with van der Waals surface area (Å²) in [6.45, 7) is 5.83. The highest BCUT2D eigenvalue weighted by Gasteiger charge is 2.33. The summed E-state index contributed by atoms with van der Waals surface area (Å²) < 4.78 is 0. The number of carbonyl (C=O) groups excluding carboxylic acids is 1. The largest absolute Gasteiger partial charge is 0.340 e. The van der Waals surface area contributed by atoms with Gasteiger partial charge in [0, 0.05) is 5.92 Å². The van der Waals surface area contributed by atoms with Crippen LogP contribution in [0.2, 0.25) is 0 Å². The lowest BCUT2D eigenvalue weighted by Gasteiger charge is -2.17. The lowest BCUT2D eigenvalue weighted by molar-refractivity contribution is -0.125. The second kappa shape index (κ2) is 4.45. The molecule has 0 heterocycles. The van der Waals surface area contributed by atoms with Crippen LogP contribution in [0, 0.1) is 29.1 Å². The maximum Gasteiger partial charge on any atom is 0.224 e. The highest BCUT2D eigenvalue weighted by Crippen LogP contribution is 2.36. The fourth-order valence-corrected chi connectivity index (χ4v) is 1.44. The summed E-state index contributed by atoms with van der Waals surface area (Å²) in [5.74, 6) is 0.842. The van der Waals surface area contributed by atoms with Gasteiger partial charge in [0.2, 0.25) is 5.91 Å². The van der Waals surface area contributed by atoms with Gasteiger partial charge in [-0.25, -0.2) is 0 Å². The van der Waals surface area contributed by atoms with Crippen LogP contribution >= 0.6 is 0 Å². The summed E-state index contributed by atoms with van der Waals surface area (Å²) in [6, 6.07) is 1.77. The quantitative estimate of drug-likeness (QED) is 0.740. The minimum atomic E-state index is -0.344. The lowest BCUT2D eigenvalue weighted by Crippen LogP contribution is -2.40. The summed E-state index contributed by atoms with van der Waals surface area (Å²) in [4.78, 5) is 11.6. The smallest absolute Gasteiger partial charge is 0.224 e. The van der Waals surface area contributed by atoms with Crippen molar-refractivity contribution in [1.29, 1.82) is 5.26 Å². The van der Waals surface area contributed by atoms with Gasteiger partial charge in [0.25, 0.3) is 0 Å². The van der Waals surface area contributed by atoms with Gasteiger partial charge in [0.15, 0.2) is 0 Å². The predicted octanol–water partition coefficient (Wildman–Crippen LogP) is 1.70. The number of carbonyl (C=O) groups is 1. The van der Waals surface area contributed by atoms with Gasteiger partial charge >= 0.3 is 0 Å². The summed E-state index contributed by atoms with van der Waals surface area (Å²) >= 11 is 0. The Hall–Kier alpha value is -1.04. The highest BCUT2D eigenvalue weighted by atomic mass is 16.1. The molecule has 14 heavy (non-hydrogen) atoms.